The minimum atomic E-state index is 0.110. The molecule has 1 aliphatic rings. The number of nitrogens with one attached hydrogen (secondary N) is 2. The third kappa shape index (κ3) is 3.71. The Morgan fingerprint density at radius 2 is 1.65 bits per heavy atom. The van der Waals surface area contributed by atoms with Crippen molar-refractivity contribution in [2.75, 3.05) is 25.5 Å². The van der Waals surface area contributed by atoms with E-state index < -0.39 is 0 Å². The lowest BCUT2D eigenvalue weighted by atomic mass is 10.0. The fraction of sp³-hybridized carbons (Fsp3) is 0.316. The van der Waals surface area contributed by atoms with Crippen molar-refractivity contribution in [3.8, 4) is 0 Å². The Bertz CT molecular complexity index is 649. The molecular weight excluding hydrogens is 286 g/mol. The van der Waals surface area contributed by atoms with Gasteiger partial charge in [-0.15, -0.1) is 0 Å². The number of hydrogen-bond donors (Lipinski definition) is 2. The first kappa shape index (κ1) is 15.6. The van der Waals surface area contributed by atoms with Gasteiger partial charge in [-0.1, -0.05) is 30.3 Å². The molecule has 3 rings (SSSR count). The first-order valence-electron chi connectivity index (χ1n) is 8.15. The largest absolute Gasteiger partial charge is 0.355 e. The van der Waals surface area contributed by atoms with E-state index in [1.807, 2.05) is 66.5 Å². The number of amides is 1. The first-order chi connectivity index (χ1) is 11.3. The number of benzene rings is 2. The van der Waals surface area contributed by atoms with Gasteiger partial charge in [-0.05, 0) is 44.2 Å². The fourth-order valence-corrected chi connectivity index (χ4v) is 3.00. The van der Waals surface area contributed by atoms with Gasteiger partial charge in [0.05, 0.1) is 11.3 Å². The summed E-state index contributed by atoms with van der Waals surface area (Å²) < 4.78 is 0. The zero-order valence-electron chi connectivity index (χ0n) is 13.5. The van der Waals surface area contributed by atoms with Gasteiger partial charge in [0.2, 0.25) is 0 Å². The predicted molar refractivity (Wildman–Crippen MR) is 94.2 cm³/mol. The van der Waals surface area contributed by atoms with E-state index in [2.05, 4.69) is 10.6 Å². The molecule has 0 aliphatic carbocycles. The Hall–Kier alpha value is -2.33. The van der Waals surface area contributed by atoms with Crippen LogP contribution in [0.5, 0.6) is 0 Å². The van der Waals surface area contributed by atoms with Gasteiger partial charge in [0, 0.05) is 24.8 Å². The van der Waals surface area contributed by atoms with Crippen molar-refractivity contribution in [2.24, 2.45) is 0 Å². The lowest BCUT2D eigenvalue weighted by molar-refractivity contribution is 0.0708. The Morgan fingerprint density at radius 1 is 1.00 bits per heavy atom. The van der Waals surface area contributed by atoms with Crippen molar-refractivity contribution in [2.45, 2.75) is 18.9 Å². The van der Waals surface area contributed by atoms with Crippen LogP contribution in [0.15, 0.2) is 54.6 Å². The van der Waals surface area contributed by atoms with Crippen LogP contribution in [0.25, 0.3) is 0 Å². The van der Waals surface area contributed by atoms with E-state index in [1.165, 1.54) is 0 Å². The number of rotatable bonds is 4. The van der Waals surface area contributed by atoms with E-state index in [0.29, 0.717) is 6.04 Å². The summed E-state index contributed by atoms with van der Waals surface area (Å²) in [4.78, 5) is 14.8. The minimum Gasteiger partial charge on any atom is -0.355 e. The number of piperidine rings is 1. The maximum atomic E-state index is 12.9. The molecule has 0 radical (unpaired) electrons. The van der Waals surface area contributed by atoms with Crippen molar-refractivity contribution >= 4 is 17.3 Å². The summed E-state index contributed by atoms with van der Waals surface area (Å²) in [6.07, 6.45) is 2.02. The van der Waals surface area contributed by atoms with E-state index in [4.69, 9.17) is 0 Å². The zero-order chi connectivity index (χ0) is 16.1. The van der Waals surface area contributed by atoms with Crippen LogP contribution in [0, 0.1) is 0 Å². The van der Waals surface area contributed by atoms with Crippen LogP contribution in [0.4, 0.5) is 11.4 Å². The first-order valence-corrected chi connectivity index (χ1v) is 8.15. The maximum Gasteiger partial charge on any atom is 0.255 e. The second-order valence-electron chi connectivity index (χ2n) is 5.89. The minimum absolute atomic E-state index is 0.110. The van der Waals surface area contributed by atoms with Crippen molar-refractivity contribution in [1.82, 2.24) is 10.2 Å². The second kappa shape index (κ2) is 7.29. The van der Waals surface area contributed by atoms with Gasteiger partial charge in [-0.25, -0.2) is 0 Å². The SMILES string of the molecule is CNC1CCN(C(=O)c2ccccc2Nc2ccccc2)CC1. The predicted octanol–water partition coefficient (Wildman–Crippen LogP) is 3.25. The molecule has 0 spiro atoms. The molecule has 1 amide bonds. The summed E-state index contributed by atoms with van der Waals surface area (Å²) in [5, 5.41) is 6.65. The van der Waals surface area contributed by atoms with Crippen LogP contribution >= 0.6 is 0 Å². The summed E-state index contributed by atoms with van der Waals surface area (Å²) in [7, 11) is 1.99. The molecule has 0 bridgehead atoms. The third-order valence-corrected chi connectivity index (χ3v) is 4.40. The highest BCUT2D eigenvalue weighted by atomic mass is 16.2. The summed E-state index contributed by atoms with van der Waals surface area (Å²) in [5.41, 5.74) is 2.58. The van der Waals surface area contributed by atoms with Crippen LogP contribution in [0.2, 0.25) is 0 Å². The quantitative estimate of drug-likeness (QED) is 0.911. The van der Waals surface area contributed by atoms with Crippen LogP contribution < -0.4 is 10.6 Å². The molecule has 4 nitrogen and oxygen atoms in total. The molecule has 2 aromatic rings. The highest BCUT2D eigenvalue weighted by Gasteiger charge is 2.24. The molecule has 23 heavy (non-hydrogen) atoms. The monoisotopic (exact) mass is 309 g/mol. The Kier molecular flexibility index (Phi) is 4.93. The van der Waals surface area contributed by atoms with Gasteiger partial charge in [0.15, 0.2) is 0 Å². The van der Waals surface area contributed by atoms with Crippen molar-refractivity contribution < 1.29 is 4.79 Å². The number of carbonyl (C=O) groups is 1. The highest BCUT2D eigenvalue weighted by molar-refractivity contribution is 6.00. The number of hydrogen-bond acceptors (Lipinski definition) is 3. The zero-order valence-corrected chi connectivity index (χ0v) is 13.5. The average Bonchev–Trinajstić information content (AvgIpc) is 2.62. The van der Waals surface area contributed by atoms with Crippen molar-refractivity contribution in [3.63, 3.8) is 0 Å². The summed E-state index contributed by atoms with van der Waals surface area (Å²) >= 11 is 0. The van der Waals surface area contributed by atoms with Crippen LogP contribution in [0.1, 0.15) is 23.2 Å². The molecule has 0 unspecified atom stereocenters. The Labute approximate surface area is 137 Å². The van der Waals surface area contributed by atoms with Gasteiger partial charge < -0.3 is 15.5 Å². The summed E-state index contributed by atoms with van der Waals surface area (Å²) in [6, 6.07) is 18.2. The van der Waals surface area contributed by atoms with Gasteiger partial charge in [-0.3, -0.25) is 4.79 Å². The van der Waals surface area contributed by atoms with Gasteiger partial charge >= 0.3 is 0 Å². The molecule has 2 N–H and O–H groups in total. The molecule has 120 valence electrons. The topological polar surface area (TPSA) is 44.4 Å². The molecule has 1 saturated heterocycles. The molecular formula is C19H23N3O. The number of para-hydroxylation sites is 2. The summed E-state index contributed by atoms with van der Waals surface area (Å²) in [6.45, 7) is 1.62. The Morgan fingerprint density at radius 3 is 2.35 bits per heavy atom. The van der Waals surface area contributed by atoms with Gasteiger partial charge in [-0.2, -0.15) is 0 Å². The van der Waals surface area contributed by atoms with E-state index in [-0.39, 0.29) is 5.91 Å². The number of nitrogens with zero attached hydrogens (tertiary/aromatic N) is 1. The lowest BCUT2D eigenvalue weighted by Gasteiger charge is -2.32. The van der Waals surface area contributed by atoms with E-state index in [1.54, 1.807) is 0 Å². The van der Waals surface area contributed by atoms with Crippen molar-refractivity contribution in [1.29, 1.82) is 0 Å². The molecule has 0 aromatic heterocycles. The second-order valence-corrected chi connectivity index (χ2v) is 5.89. The highest BCUT2D eigenvalue weighted by Crippen LogP contribution is 2.23. The van der Waals surface area contributed by atoms with Gasteiger partial charge in [0.1, 0.15) is 0 Å². The molecule has 1 fully saturated rings. The van der Waals surface area contributed by atoms with E-state index in [9.17, 15) is 4.79 Å². The maximum absolute atomic E-state index is 12.9. The van der Waals surface area contributed by atoms with E-state index in [0.717, 1.165) is 42.9 Å². The molecule has 1 heterocycles. The smallest absolute Gasteiger partial charge is 0.255 e. The normalized spacial score (nSPS) is 15.4. The fourth-order valence-electron chi connectivity index (χ4n) is 3.00. The number of likely N-dealkylation sites (tertiary alicyclic amines) is 1. The van der Waals surface area contributed by atoms with Crippen LogP contribution in [-0.2, 0) is 0 Å². The lowest BCUT2D eigenvalue weighted by Crippen LogP contribution is -2.44. The molecule has 4 heteroatoms. The molecule has 0 saturated carbocycles. The molecule has 2 aromatic carbocycles. The molecule has 0 atom stereocenters. The number of carbonyl (C=O) groups excluding carboxylic acids is 1. The van der Waals surface area contributed by atoms with Gasteiger partial charge in [0.25, 0.3) is 5.91 Å². The average molecular weight is 309 g/mol. The van der Waals surface area contributed by atoms with Crippen LogP contribution in [0.3, 0.4) is 0 Å². The number of anilines is 2. The Balaban J connectivity index is 1.76. The standard InChI is InChI=1S/C19H23N3O/c1-20-15-11-13-22(14-12-15)19(23)17-9-5-6-10-18(17)21-16-7-3-2-4-8-16/h2-10,15,20-21H,11-14H2,1H3. The third-order valence-electron chi connectivity index (χ3n) is 4.40. The molecule has 1 aliphatic heterocycles. The van der Waals surface area contributed by atoms with Crippen molar-refractivity contribution in [3.05, 3.63) is 60.2 Å². The van der Waals surface area contributed by atoms with Crippen LogP contribution in [-0.4, -0.2) is 37.0 Å². The summed E-state index contributed by atoms with van der Waals surface area (Å²) in [5.74, 6) is 0.110. The van der Waals surface area contributed by atoms with E-state index >= 15 is 0 Å².